The highest BCUT2D eigenvalue weighted by Crippen LogP contribution is 2.19. The third kappa shape index (κ3) is 3.79. The minimum absolute atomic E-state index is 0.125. The van der Waals surface area contributed by atoms with E-state index in [-0.39, 0.29) is 17.0 Å². The Labute approximate surface area is 121 Å². The van der Waals surface area contributed by atoms with E-state index in [9.17, 15) is 15.2 Å². The van der Waals surface area contributed by atoms with Crippen LogP contribution in [0.4, 0.5) is 5.69 Å². The average Bonchev–Trinajstić information content (AvgIpc) is 2.49. The molecule has 0 bridgehead atoms. The van der Waals surface area contributed by atoms with Crippen molar-refractivity contribution in [3.8, 4) is 11.5 Å². The molecule has 0 spiro atoms. The van der Waals surface area contributed by atoms with Crippen LogP contribution in [0.25, 0.3) is 0 Å². The van der Waals surface area contributed by atoms with E-state index in [4.69, 9.17) is 4.74 Å². The first-order chi connectivity index (χ1) is 10.1. The van der Waals surface area contributed by atoms with Crippen LogP contribution in [-0.2, 0) is 6.54 Å². The Morgan fingerprint density at radius 2 is 1.95 bits per heavy atom. The average molecular weight is 285 g/mol. The summed E-state index contributed by atoms with van der Waals surface area (Å²) in [6.45, 7) is 0.381. The number of nitro groups is 1. The van der Waals surface area contributed by atoms with E-state index in [0.29, 0.717) is 6.54 Å². The molecule has 2 aromatic carbocycles. The fraction of sp³-hybridized carbons (Fsp3) is 0.133. The fourth-order valence-corrected chi connectivity index (χ4v) is 1.73. The molecule has 0 heterocycles. The highest BCUT2D eigenvalue weighted by Gasteiger charge is 2.05. The Morgan fingerprint density at radius 3 is 2.57 bits per heavy atom. The van der Waals surface area contributed by atoms with Crippen LogP contribution in [0.2, 0.25) is 0 Å². The summed E-state index contributed by atoms with van der Waals surface area (Å²) in [4.78, 5) is 14.3. The lowest BCUT2D eigenvalue weighted by Gasteiger charge is -2.08. The van der Waals surface area contributed by atoms with Crippen LogP contribution in [0.5, 0.6) is 11.5 Å². The molecule has 0 aliphatic carbocycles. The molecule has 6 nitrogen and oxygen atoms in total. The topological polar surface area (TPSA) is 87.8 Å². The zero-order chi connectivity index (χ0) is 15.2. The third-order valence-corrected chi connectivity index (χ3v) is 2.87. The lowest BCUT2D eigenvalue weighted by atomic mass is 10.2. The van der Waals surface area contributed by atoms with E-state index in [2.05, 4.69) is 4.99 Å². The summed E-state index contributed by atoms with van der Waals surface area (Å²) < 4.78 is 5.05. The maximum absolute atomic E-state index is 11.6. The standard InChI is InChI=1S/C15H14N2O4/c1-21-14-5-2-11(3-6-14)9-16-10-12-8-13(17(19)20)4-7-15(12)18/h2-8,10,18H,9H2,1H3/p-1. The number of rotatable bonds is 5. The van der Waals surface area contributed by atoms with Gasteiger partial charge < -0.3 is 9.84 Å². The van der Waals surface area contributed by atoms with Gasteiger partial charge in [0.05, 0.1) is 18.6 Å². The Balaban J connectivity index is 2.09. The molecule has 0 unspecified atom stereocenters. The van der Waals surface area contributed by atoms with E-state index < -0.39 is 4.92 Å². The smallest absolute Gasteiger partial charge is 0.270 e. The lowest BCUT2D eigenvalue weighted by molar-refractivity contribution is -0.385. The SMILES string of the molecule is COc1ccc(CN=Cc2cc([N+](=O)[O-])ccc2[O-])cc1. The number of benzene rings is 2. The second-order valence-corrected chi connectivity index (χ2v) is 4.30. The van der Waals surface area contributed by atoms with Crippen molar-refractivity contribution in [2.45, 2.75) is 6.54 Å². The number of ether oxygens (including phenoxy) is 1. The van der Waals surface area contributed by atoms with Crippen LogP contribution in [-0.4, -0.2) is 18.2 Å². The quantitative estimate of drug-likeness (QED) is 0.479. The van der Waals surface area contributed by atoms with Crippen molar-refractivity contribution in [3.63, 3.8) is 0 Å². The van der Waals surface area contributed by atoms with Crippen LogP contribution in [0.15, 0.2) is 47.5 Å². The first-order valence-electron chi connectivity index (χ1n) is 6.18. The minimum Gasteiger partial charge on any atom is -0.872 e. The van der Waals surface area contributed by atoms with Crippen LogP contribution in [0.1, 0.15) is 11.1 Å². The van der Waals surface area contributed by atoms with Gasteiger partial charge in [0.2, 0.25) is 0 Å². The molecular weight excluding hydrogens is 272 g/mol. The number of methoxy groups -OCH3 is 1. The van der Waals surface area contributed by atoms with Crippen molar-refractivity contribution in [2.75, 3.05) is 7.11 Å². The third-order valence-electron chi connectivity index (χ3n) is 2.87. The largest absolute Gasteiger partial charge is 0.872 e. The number of aliphatic imine (C=N–C) groups is 1. The number of hydrogen-bond acceptors (Lipinski definition) is 5. The van der Waals surface area contributed by atoms with Gasteiger partial charge in [-0.25, -0.2) is 0 Å². The van der Waals surface area contributed by atoms with Gasteiger partial charge in [-0.1, -0.05) is 23.9 Å². The molecule has 0 amide bonds. The number of hydrogen-bond donors (Lipinski definition) is 0. The second kappa shape index (κ2) is 6.51. The van der Waals surface area contributed by atoms with Crippen LogP contribution in [0, 0.1) is 10.1 Å². The summed E-state index contributed by atoms with van der Waals surface area (Å²) in [6.07, 6.45) is 1.36. The molecular formula is C15H13N2O4-. The van der Waals surface area contributed by atoms with E-state index >= 15 is 0 Å². The molecule has 2 aromatic rings. The summed E-state index contributed by atoms with van der Waals surface area (Å²) in [5.41, 5.74) is 1.03. The van der Waals surface area contributed by atoms with E-state index in [0.717, 1.165) is 11.3 Å². The molecule has 0 N–H and O–H groups in total. The zero-order valence-electron chi connectivity index (χ0n) is 11.4. The molecule has 0 aliphatic heterocycles. The molecule has 0 saturated heterocycles. The fourth-order valence-electron chi connectivity index (χ4n) is 1.73. The molecule has 0 aliphatic rings. The van der Waals surface area contributed by atoms with Crippen molar-refractivity contribution >= 4 is 11.9 Å². The van der Waals surface area contributed by atoms with Crippen molar-refractivity contribution in [1.29, 1.82) is 0 Å². The van der Waals surface area contributed by atoms with Gasteiger partial charge in [0.25, 0.3) is 5.69 Å². The molecule has 0 radical (unpaired) electrons. The van der Waals surface area contributed by atoms with Gasteiger partial charge in [-0.2, -0.15) is 0 Å². The monoisotopic (exact) mass is 285 g/mol. The van der Waals surface area contributed by atoms with Gasteiger partial charge in [0.15, 0.2) is 0 Å². The minimum atomic E-state index is -0.541. The molecule has 0 saturated carbocycles. The number of non-ortho nitro benzene ring substituents is 1. The molecule has 0 aromatic heterocycles. The maximum Gasteiger partial charge on any atom is 0.270 e. The summed E-state index contributed by atoms with van der Waals surface area (Å²) in [7, 11) is 1.59. The normalized spacial score (nSPS) is 10.7. The van der Waals surface area contributed by atoms with Crippen LogP contribution in [0.3, 0.4) is 0 Å². The molecule has 2 rings (SSSR count). The molecule has 6 heteroatoms. The Bertz CT molecular complexity index is 666. The Morgan fingerprint density at radius 1 is 1.24 bits per heavy atom. The number of nitro benzene ring substituents is 1. The van der Waals surface area contributed by atoms with Crippen LogP contribution < -0.4 is 9.84 Å². The van der Waals surface area contributed by atoms with Crippen LogP contribution >= 0.6 is 0 Å². The van der Waals surface area contributed by atoms with Gasteiger partial charge >= 0.3 is 0 Å². The van der Waals surface area contributed by atoms with Gasteiger partial charge in [-0.15, -0.1) is 0 Å². The molecule has 21 heavy (non-hydrogen) atoms. The van der Waals surface area contributed by atoms with E-state index in [1.165, 1.54) is 24.4 Å². The summed E-state index contributed by atoms with van der Waals surface area (Å²) >= 11 is 0. The number of nitrogens with zero attached hydrogens (tertiary/aromatic N) is 2. The lowest BCUT2D eigenvalue weighted by Crippen LogP contribution is -1.98. The zero-order valence-corrected chi connectivity index (χ0v) is 11.4. The van der Waals surface area contributed by atoms with Crippen molar-refractivity contribution in [1.82, 2.24) is 0 Å². The van der Waals surface area contributed by atoms with E-state index in [1.807, 2.05) is 24.3 Å². The predicted molar refractivity (Wildman–Crippen MR) is 76.8 cm³/mol. The molecule has 0 atom stereocenters. The second-order valence-electron chi connectivity index (χ2n) is 4.30. The van der Waals surface area contributed by atoms with Gasteiger partial charge in [0.1, 0.15) is 5.75 Å². The first kappa shape index (κ1) is 14.5. The summed E-state index contributed by atoms with van der Waals surface area (Å²) in [5, 5.41) is 22.3. The van der Waals surface area contributed by atoms with Crippen molar-refractivity contribution < 1.29 is 14.8 Å². The summed E-state index contributed by atoms with van der Waals surface area (Å²) in [6, 6.07) is 10.9. The predicted octanol–water partition coefficient (Wildman–Crippen LogP) is 2.30. The van der Waals surface area contributed by atoms with Crippen molar-refractivity contribution in [3.05, 3.63) is 63.7 Å². The Kier molecular flexibility index (Phi) is 4.50. The Hall–Kier alpha value is -2.89. The van der Waals surface area contributed by atoms with Crippen molar-refractivity contribution in [2.24, 2.45) is 4.99 Å². The van der Waals surface area contributed by atoms with E-state index in [1.54, 1.807) is 7.11 Å². The first-order valence-corrected chi connectivity index (χ1v) is 6.18. The van der Waals surface area contributed by atoms with Gasteiger partial charge in [0, 0.05) is 18.3 Å². The highest BCUT2D eigenvalue weighted by atomic mass is 16.6. The van der Waals surface area contributed by atoms with Gasteiger partial charge in [-0.3, -0.25) is 15.1 Å². The summed E-state index contributed by atoms with van der Waals surface area (Å²) in [5.74, 6) is 0.460. The molecule has 0 fully saturated rings. The maximum atomic E-state index is 11.6. The highest BCUT2D eigenvalue weighted by molar-refractivity contribution is 5.84. The molecule has 108 valence electrons. The van der Waals surface area contributed by atoms with Gasteiger partial charge in [-0.05, 0) is 23.3 Å².